The van der Waals surface area contributed by atoms with E-state index < -0.39 is 0 Å². The fourth-order valence-electron chi connectivity index (χ4n) is 2.36. The van der Waals surface area contributed by atoms with Crippen molar-refractivity contribution in [3.05, 3.63) is 11.6 Å². The highest BCUT2D eigenvalue weighted by atomic mass is 16.1. The summed E-state index contributed by atoms with van der Waals surface area (Å²) in [7, 11) is 0. The second-order valence-electron chi connectivity index (χ2n) is 3.92. The zero-order valence-electron chi connectivity index (χ0n) is 7.13. The molecule has 0 N–H and O–H groups in total. The number of hydrogen-bond acceptors (Lipinski definition) is 1. The van der Waals surface area contributed by atoms with E-state index in [1.165, 1.54) is 5.57 Å². The summed E-state index contributed by atoms with van der Waals surface area (Å²) in [5.74, 6) is 1.77. The first-order chi connectivity index (χ1) is 5.20. The molecule has 1 saturated carbocycles. The smallest absolute Gasteiger partial charge is 0.143 e. The van der Waals surface area contributed by atoms with Crippen LogP contribution >= 0.6 is 0 Å². The first-order valence-corrected chi connectivity index (χ1v) is 4.40. The minimum absolute atomic E-state index is 0.295. The molecule has 2 aliphatic rings. The van der Waals surface area contributed by atoms with E-state index in [0.717, 1.165) is 12.8 Å². The maximum atomic E-state index is 11.6. The Morgan fingerprint density at radius 3 is 2.91 bits per heavy atom. The minimum Gasteiger partial charge on any atom is -0.299 e. The van der Waals surface area contributed by atoms with Crippen LogP contribution in [0.3, 0.4) is 0 Å². The Balaban J connectivity index is 2.33. The predicted octanol–water partition coefficient (Wildman–Crippen LogP) is 2.18. The first kappa shape index (κ1) is 7.08. The van der Waals surface area contributed by atoms with E-state index in [0.29, 0.717) is 23.5 Å². The summed E-state index contributed by atoms with van der Waals surface area (Å²) < 4.78 is 0. The van der Waals surface area contributed by atoms with E-state index in [4.69, 9.17) is 0 Å². The summed E-state index contributed by atoms with van der Waals surface area (Å²) in [6, 6.07) is 0. The first-order valence-electron chi connectivity index (χ1n) is 4.40. The molecular formula is C10H14O. The lowest BCUT2D eigenvalue weighted by atomic mass is 9.88. The third kappa shape index (κ3) is 0.867. The molecule has 0 saturated heterocycles. The summed E-state index contributed by atoms with van der Waals surface area (Å²) in [5.41, 5.74) is 1.32. The van der Waals surface area contributed by atoms with Gasteiger partial charge in [-0.1, -0.05) is 18.6 Å². The van der Waals surface area contributed by atoms with Crippen molar-refractivity contribution in [2.75, 3.05) is 0 Å². The molecule has 2 bridgehead atoms. The Morgan fingerprint density at radius 1 is 1.55 bits per heavy atom. The summed E-state index contributed by atoms with van der Waals surface area (Å²) in [4.78, 5) is 11.6. The van der Waals surface area contributed by atoms with Crippen molar-refractivity contribution in [2.45, 2.75) is 26.7 Å². The number of hydrogen-bond donors (Lipinski definition) is 0. The number of ketones is 1. The third-order valence-electron chi connectivity index (χ3n) is 3.33. The van der Waals surface area contributed by atoms with E-state index in [1.54, 1.807) is 0 Å². The molecule has 0 amide bonds. The summed E-state index contributed by atoms with van der Waals surface area (Å²) in [6.07, 6.45) is 4.51. The molecule has 2 rings (SSSR count). The SMILES string of the molecule is CC1=CCC2CC1C(=O)C2C. The highest BCUT2D eigenvalue weighted by Gasteiger charge is 2.41. The lowest BCUT2D eigenvalue weighted by molar-refractivity contribution is -0.122. The second-order valence-corrected chi connectivity index (χ2v) is 3.92. The Labute approximate surface area is 67.5 Å². The van der Waals surface area contributed by atoms with Crippen LogP contribution in [-0.4, -0.2) is 5.78 Å². The largest absolute Gasteiger partial charge is 0.299 e. The van der Waals surface area contributed by atoms with Gasteiger partial charge in [-0.05, 0) is 25.7 Å². The lowest BCUT2D eigenvalue weighted by Crippen LogP contribution is -2.12. The van der Waals surface area contributed by atoms with Crippen LogP contribution in [0.2, 0.25) is 0 Å². The molecule has 0 aromatic heterocycles. The molecule has 0 spiro atoms. The van der Waals surface area contributed by atoms with Crippen molar-refractivity contribution in [2.24, 2.45) is 17.8 Å². The van der Waals surface area contributed by atoms with E-state index >= 15 is 0 Å². The van der Waals surface area contributed by atoms with Crippen molar-refractivity contribution in [1.82, 2.24) is 0 Å². The molecule has 3 atom stereocenters. The molecule has 0 aliphatic heterocycles. The van der Waals surface area contributed by atoms with Crippen molar-refractivity contribution < 1.29 is 4.79 Å². The van der Waals surface area contributed by atoms with Gasteiger partial charge in [0.1, 0.15) is 5.78 Å². The van der Waals surface area contributed by atoms with Gasteiger partial charge >= 0.3 is 0 Å². The summed E-state index contributed by atoms with van der Waals surface area (Å²) >= 11 is 0. The fraction of sp³-hybridized carbons (Fsp3) is 0.700. The van der Waals surface area contributed by atoms with E-state index in [-0.39, 0.29) is 0 Å². The van der Waals surface area contributed by atoms with Crippen LogP contribution < -0.4 is 0 Å². The molecule has 0 aromatic rings. The van der Waals surface area contributed by atoms with Crippen molar-refractivity contribution in [3.63, 3.8) is 0 Å². The molecule has 1 heteroatoms. The summed E-state index contributed by atoms with van der Waals surface area (Å²) in [6.45, 7) is 4.18. The Bertz CT molecular complexity index is 227. The molecule has 1 fully saturated rings. The number of Topliss-reactive ketones (excluding diaryl/α,β-unsaturated/α-hetero) is 1. The van der Waals surface area contributed by atoms with E-state index in [2.05, 4.69) is 19.9 Å². The number of fused-ring (bicyclic) bond motifs is 2. The van der Waals surface area contributed by atoms with Gasteiger partial charge in [-0.3, -0.25) is 4.79 Å². The van der Waals surface area contributed by atoms with Crippen LogP contribution in [0, 0.1) is 17.8 Å². The van der Waals surface area contributed by atoms with Gasteiger partial charge in [0, 0.05) is 11.8 Å². The van der Waals surface area contributed by atoms with Gasteiger partial charge < -0.3 is 0 Å². The van der Waals surface area contributed by atoms with Crippen LogP contribution in [-0.2, 0) is 4.79 Å². The zero-order valence-corrected chi connectivity index (χ0v) is 7.13. The quantitative estimate of drug-likeness (QED) is 0.484. The van der Waals surface area contributed by atoms with Gasteiger partial charge in [0.25, 0.3) is 0 Å². The standard InChI is InChI=1S/C10H14O/c1-6-3-4-8-5-9(6)10(11)7(8)2/h3,7-9H,4-5H2,1-2H3. The average molecular weight is 150 g/mol. The Morgan fingerprint density at radius 2 is 2.27 bits per heavy atom. The maximum Gasteiger partial charge on any atom is 0.143 e. The number of carbonyl (C=O) groups excluding carboxylic acids is 1. The van der Waals surface area contributed by atoms with Crippen LogP contribution in [0.5, 0.6) is 0 Å². The predicted molar refractivity (Wildman–Crippen MR) is 44.1 cm³/mol. The molecular weight excluding hydrogens is 136 g/mol. The average Bonchev–Trinajstić information content (AvgIpc) is 2.24. The van der Waals surface area contributed by atoms with Gasteiger partial charge in [-0.25, -0.2) is 0 Å². The number of allylic oxidation sites excluding steroid dienone is 2. The molecule has 2 aliphatic carbocycles. The van der Waals surface area contributed by atoms with Crippen LogP contribution in [0.25, 0.3) is 0 Å². The van der Waals surface area contributed by atoms with E-state index in [9.17, 15) is 4.79 Å². The van der Waals surface area contributed by atoms with Crippen LogP contribution in [0.4, 0.5) is 0 Å². The third-order valence-corrected chi connectivity index (χ3v) is 3.33. The fourth-order valence-corrected chi connectivity index (χ4v) is 2.36. The number of carbonyl (C=O) groups is 1. The van der Waals surface area contributed by atoms with Gasteiger partial charge in [0.05, 0.1) is 0 Å². The number of rotatable bonds is 0. The van der Waals surface area contributed by atoms with Crippen LogP contribution in [0.15, 0.2) is 11.6 Å². The highest BCUT2D eigenvalue weighted by molar-refractivity contribution is 5.88. The van der Waals surface area contributed by atoms with Gasteiger partial charge in [-0.15, -0.1) is 0 Å². The Hall–Kier alpha value is -0.590. The minimum atomic E-state index is 0.295. The van der Waals surface area contributed by atoms with Crippen molar-refractivity contribution in [1.29, 1.82) is 0 Å². The molecule has 0 heterocycles. The van der Waals surface area contributed by atoms with Gasteiger partial charge in [0.15, 0.2) is 0 Å². The topological polar surface area (TPSA) is 17.1 Å². The molecule has 60 valence electrons. The van der Waals surface area contributed by atoms with Gasteiger partial charge in [-0.2, -0.15) is 0 Å². The molecule has 1 nitrogen and oxygen atoms in total. The zero-order chi connectivity index (χ0) is 8.01. The second kappa shape index (κ2) is 2.20. The molecule has 0 radical (unpaired) electrons. The monoisotopic (exact) mass is 150 g/mol. The van der Waals surface area contributed by atoms with Gasteiger partial charge in [0.2, 0.25) is 0 Å². The molecule has 0 aromatic carbocycles. The lowest BCUT2D eigenvalue weighted by Gasteiger charge is -2.16. The normalized spacial score (nSPS) is 42.5. The highest BCUT2D eigenvalue weighted by Crippen LogP contribution is 2.42. The summed E-state index contributed by atoms with van der Waals surface area (Å²) in [5, 5.41) is 0. The maximum absolute atomic E-state index is 11.6. The van der Waals surface area contributed by atoms with E-state index in [1.807, 2.05) is 0 Å². The van der Waals surface area contributed by atoms with Crippen molar-refractivity contribution >= 4 is 5.78 Å². The van der Waals surface area contributed by atoms with Crippen molar-refractivity contribution in [3.8, 4) is 0 Å². The Kier molecular flexibility index (Phi) is 1.41. The van der Waals surface area contributed by atoms with Crippen LogP contribution in [0.1, 0.15) is 26.7 Å². The molecule has 11 heavy (non-hydrogen) atoms. The molecule has 3 unspecified atom stereocenters.